The van der Waals surface area contributed by atoms with Crippen LogP contribution in [0.15, 0.2) is 74.7 Å². The molecule has 1 unspecified atom stereocenters. The van der Waals surface area contributed by atoms with Gasteiger partial charge in [0.1, 0.15) is 0 Å². The van der Waals surface area contributed by atoms with Gasteiger partial charge in [-0.3, -0.25) is 9.59 Å². The number of carbonyl (C=O) groups is 2. The molecule has 1 atom stereocenters. The monoisotopic (exact) mass is 494 g/mol. The van der Waals surface area contributed by atoms with E-state index in [2.05, 4.69) is 31.0 Å². The molecule has 35 heavy (non-hydrogen) atoms. The van der Waals surface area contributed by atoms with Gasteiger partial charge >= 0.3 is 0 Å². The number of amides is 2. The molecule has 2 aromatic rings. The quantitative estimate of drug-likeness (QED) is 0.505. The molecular formula is C25H27ClN6O3. The number of fused-ring (bicyclic) bond motifs is 1. The van der Waals surface area contributed by atoms with Gasteiger partial charge in [-0.05, 0) is 36.1 Å². The van der Waals surface area contributed by atoms with E-state index >= 15 is 0 Å². The van der Waals surface area contributed by atoms with Crippen LogP contribution in [-0.2, 0) is 16.0 Å². The van der Waals surface area contributed by atoms with Gasteiger partial charge in [-0.2, -0.15) is 4.98 Å². The number of aryl methyl sites for hydroxylation is 1. The molecule has 1 aliphatic heterocycles. The van der Waals surface area contributed by atoms with Gasteiger partial charge in [-0.1, -0.05) is 54.9 Å². The van der Waals surface area contributed by atoms with E-state index in [0.29, 0.717) is 54.9 Å². The van der Waals surface area contributed by atoms with Crippen LogP contribution in [0.5, 0.6) is 0 Å². The minimum atomic E-state index is -0.385. The number of aromatic nitrogens is 2. The van der Waals surface area contributed by atoms with Gasteiger partial charge in [0.25, 0.3) is 5.91 Å². The molecule has 0 spiro atoms. The van der Waals surface area contributed by atoms with Crippen molar-refractivity contribution in [3.8, 4) is 11.4 Å². The number of nitrogens with zero attached hydrogens (tertiary/aromatic N) is 4. The predicted molar refractivity (Wildman–Crippen MR) is 131 cm³/mol. The number of carbonyl (C=O) groups excluding carboxylic acids is 2. The zero-order valence-electron chi connectivity index (χ0n) is 19.6. The number of azo groups is 1. The smallest absolute Gasteiger partial charge is 0.276 e. The third-order valence-electron chi connectivity index (χ3n) is 5.68. The van der Waals surface area contributed by atoms with Crippen LogP contribution >= 0.6 is 11.6 Å². The van der Waals surface area contributed by atoms with E-state index in [0.717, 1.165) is 11.1 Å². The van der Waals surface area contributed by atoms with Crippen molar-refractivity contribution in [2.75, 3.05) is 13.1 Å². The average molecular weight is 495 g/mol. The van der Waals surface area contributed by atoms with Gasteiger partial charge in [0.2, 0.25) is 17.6 Å². The molecular weight excluding hydrogens is 468 g/mol. The first-order valence-electron chi connectivity index (χ1n) is 11.4. The van der Waals surface area contributed by atoms with E-state index in [9.17, 15) is 9.59 Å². The molecule has 4 rings (SSSR count). The second-order valence-corrected chi connectivity index (χ2v) is 9.67. The van der Waals surface area contributed by atoms with Gasteiger partial charge < -0.3 is 15.2 Å². The van der Waals surface area contributed by atoms with Crippen molar-refractivity contribution in [2.24, 2.45) is 21.6 Å². The molecule has 9 nitrogen and oxygen atoms in total. The molecule has 2 amide bonds. The van der Waals surface area contributed by atoms with Crippen LogP contribution in [0.25, 0.3) is 11.4 Å². The number of halogens is 1. The second kappa shape index (κ2) is 10.8. The van der Waals surface area contributed by atoms with Gasteiger partial charge in [-0.15, -0.1) is 10.2 Å². The Hall–Kier alpha value is -3.59. The summed E-state index contributed by atoms with van der Waals surface area (Å²) in [5.41, 5.74) is 1.39. The highest BCUT2D eigenvalue weighted by atomic mass is 35.5. The number of hydrogen-bond acceptors (Lipinski definition) is 7. The van der Waals surface area contributed by atoms with Crippen LogP contribution < -0.4 is 10.6 Å². The average Bonchev–Trinajstić information content (AvgIpc) is 3.32. The minimum absolute atomic E-state index is 0.0408. The van der Waals surface area contributed by atoms with Crippen LogP contribution in [0.2, 0.25) is 5.02 Å². The summed E-state index contributed by atoms with van der Waals surface area (Å²) in [5.74, 6) is 0.891. The number of nitrogens with one attached hydrogen (secondary N) is 2. The fourth-order valence-electron chi connectivity index (χ4n) is 3.62. The third-order valence-corrected chi connectivity index (χ3v) is 5.93. The molecule has 1 aliphatic carbocycles. The summed E-state index contributed by atoms with van der Waals surface area (Å²) in [6, 6.07) is 7.20. The maximum atomic E-state index is 12.4. The molecule has 0 bridgehead atoms. The highest BCUT2D eigenvalue weighted by Crippen LogP contribution is 2.28. The topological polar surface area (TPSA) is 122 Å². The van der Waals surface area contributed by atoms with Crippen LogP contribution in [0.1, 0.15) is 32.6 Å². The lowest BCUT2D eigenvalue weighted by molar-refractivity contribution is -0.122. The third kappa shape index (κ3) is 6.51. The first kappa shape index (κ1) is 24.5. The summed E-state index contributed by atoms with van der Waals surface area (Å²) >= 11 is 5.91. The number of allylic oxidation sites excluding steroid dienone is 3. The van der Waals surface area contributed by atoms with E-state index in [1.807, 2.05) is 50.3 Å². The summed E-state index contributed by atoms with van der Waals surface area (Å²) < 4.78 is 5.29. The standard InChI is InChI=1S/C25H27ClN6O3/c1-25(2,15-28-23-18-6-3-4-7-19(18)24(34)31-30-23)14-27-20(33)8-5-9-21-29-22(32-35-21)16-10-12-17(26)13-11-16/h3-4,6-7,10-13,19,28H,5,8-9,14-15H2,1-2H3,(H,27,33). The second-order valence-electron chi connectivity index (χ2n) is 9.23. The number of rotatable bonds is 10. The Morgan fingerprint density at radius 3 is 2.74 bits per heavy atom. The zero-order valence-corrected chi connectivity index (χ0v) is 20.4. The van der Waals surface area contributed by atoms with E-state index in [-0.39, 0.29) is 23.1 Å². The minimum Gasteiger partial charge on any atom is -0.368 e. The fraction of sp³-hybridized carbons (Fsp3) is 0.360. The molecule has 0 radical (unpaired) electrons. The molecule has 182 valence electrons. The lowest BCUT2D eigenvalue weighted by Crippen LogP contribution is -2.40. The number of benzene rings is 1. The maximum absolute atomic E-state index is 12.4. The van der Waals surface area contributed by atoms with Crippen LogP contribution in [0, 0.1) is 11.3 Å². The van der Waals surface area contributed by atoms with Crippen molar-refractivity contribution in [1.29, 1.82) is 0 Å². The Labute approximate surface area is 208 Å². The highest BCUT2D eigenvalue weighted by Gasteiger charge is 2.28. The zero-order chi connectivity index (χ0) is 24.8. The van der Waals surface area contributed by atoms with E-state index in [1.165, 1.54) is 0 Å². The molecule has 1 aromatic heterocycles. The van der Waals surface area contributed by atoms with E-state index < -0.39 is 0 Å². The van der Waals surface area contributed by atoms with E-state index in [4.69, 9.17) is 16.1 Å². The molecule has 0 fully saturated rings. The SMILES string of the molecule is CC(C)(CNC(=O)CCCc1nc(-c2ccc(Cl)cc2)no1)CNC1=C2C=CC=CC2C(=O)N=N1. The molecule has 0 saturated heterocycles. The normalized spacial score (nSPS) is 17.0. The lowest BCUT2D eigenvalue weighted by atomic mass is 9.91. The van der Waals surface area contributed by atoms with Crippen molar-refractivity contribution in [1.82, 2.24) is 20.8 Å². The predicted octanol–water partition coefficient (Wildman–Crippen LogP) is 4.39. The van der Waals surface area contributed by atoms with Gasteiger partial charge in [0, 0.05) is 42.1 Å². The lowest BCUT2D eigenvalue weighted by Gasteiger charge is -2.27. The fourth-order valence-corrected chi connectivity index (χ4v) is 3.75. The van der Waals surface area contributed by atoms with Crippen molar-refractivity contribution < 1.29 is 14.1 Å². The van der Waals surface area contributed by atoms with Crippen LogP contribution in [0.3, 0.4) is 0 Å². The molecule has 2 N–H and O–H groups in total. The van der Waals surface area contributed by atoms with Gasteiger partial charge in [0.05, 0.1) is 5.92 Å². The Morgan fingerprint density at radius 1 is 1.14 bits per heavy atom. The first-order valence-corrected chi connectivity index (χ1v) is 11.8. The first-order chi connectivity index (χ1) is 16.8. The Morgan fingerprint density at radius 2 is 1.94 bits per heavy atom. The maximum Gasteiger partial charge on any atom is 0.276 e. The van der Waals surface area contributed by atoms with Crippen molar-refractivity contribution >= 4 is 23.4 Å². The largest absolute Gasteiger partial charge is 0.368 e. The highest BCUT2D eigenvalue weighted by molar-refractivity contribution is 6.30. The summed E-state index contributed by atoms with van der Waals surface area (Å²) in [6.45, 7) is 5.12. The molecule has 2 heterocycles. The summed E-state index contributed by atoms with van der Waals surface area (Å²) in [7, 11) is 0. The molecule has 0 saturated carbocycles. The molecule has 1 aromatic carbocycles. The van der Waals surface area contributed by atoms with Crippen LogP contribution in [0.4, 0.5) is 0 Å². The van der Waals surface area contributed by atoms with E-state index in [1.54, 1.807) is 12.1 Å². The summed E-state index contributed by atoms with van der Waals surface area (Å²) in [4.78, 5) is 28.7. The van der Waals surface area contributed by atoms with Crippen molar-refractivity contribution in [2.45, 2.75) is 33.1 Å². The molecule has 10 heteroatoms. The Kier molecular flexibility index (Phi) is 7.55. The van der Waals surface area contributed by atoms with Gasteiger partial charge in [0.15, 0.2) is 5.82 Å². The summed E-state index contributed by atoms with van der Waals surface area (Å²) in [6.07, 6.45) is 8.87. The number of hydrogen-bond donors (Lipinski definition) is 2. The van der Waals surface area contributed by atoms with Crippen molar-refractivity contribution in [3.05, 3.63) is 70.9 Å². The van der Waals surface area contributed by atoms with Crippen LogP contribution in [-0.4, -0.2) is 35.0 Å². The Balaban J connectivity index is 1.20. The van der Waals surface area contributed by atoms with Gasteiger partial charge in [-0.25, -0.2) is 0 Å². The molecule has 2 aliphatic rings. The van der Waals surface area contributed by atoms with Crippen molar-refractivity contribution in [3.63, 3.8) is 0 Å². The Bertz CT molecular complexity index is 1210. The summed E-state index contributed by atoms with van der Waals surface area (Å²) in [5, 5.41) is 18.7.